The molecule has 2 atom stereocenters. The van der Waals surface area contributed by atoms with Crippen LogP contribution in [-0.2, 0) is 19.4 Å². The van der Waals surface area contributed by atoms with Crippen LogP contribution in [0.3, 0.4) is 0 Å². The Labute approximate surface area is 90.1 Å². The Bertz CT molecular complexity index is 325. The number of sulfone groups is 1. The Morgan fingerprint density at radius 3 is 2.73 bits per heavy atom. The van der Waals surface area contributed by atoms with E-state index in [4.69, 9.17) is 0 Å². The van der Waals surface area contributed by atoms with E-state index in [9.17, 15) is 13.2 Å². The van der Waals surface area contributed by atoms with E-state index in [0.29, 0.717) is 6.42 Å². The second-order valence-corrected chi connectivity index (χ2v) is 6.09. The Morgan fingerprint density at radius 2 is 2.20 bits per heavy atom. The number of carbonyl (C=O) groups excluding carboxylic acids is 1. The van der Waals surface area contributed by atoms with Crippen molar-refractivity contribution in [1.29, 1.82) is 0 Å². The predicted octanol–water partition coefficient (Wildman–Crippen LogP) is -0.285. The minimum Gasteiger partial charge on any atom is -0.468 e. The molecule has 1 saturated heterocycles. The van der Waals surface area contributed by atoms with Gasteiger partial charge in [0, 0.05) is 6.04 Å². The summed E-state index contributed by atoms with van der Waals surface area (Å²) in [4.78, 5) is 11.1. The number of methoxy groups -OCH3 is 1. The number of esters is 1. The van der Waals surface area contributed by atoms with Crippen molar-refractivity contribution in [1.82, 2.24) is 5.32 Å². The first kappa shape index (κ1) is 12.4. The molecule has 88 valence electrons. The summed E-state index contributed by atoms with van der Waals surface area (Å²) in [6.07, 6.45) is 1.45. The largest absolute Gasteiger partial charge is 0.468 e. The van der Waals surface area contributed by atoms with Crippen molar-refractivity contribution in [3.8, 4) is 0 Å². The van der Waals surface area contributed by atoms with E-state index in [1.54, 1.807) is 6.92 Å². The molecule has 0 aromatic rings. The van der Waals surface area contributed by atoms with E-state index in [0.717, 1.165) is 6.42 Å². The lowest BCUT2D eigenvalue weighted by Gasteiger charge is -2.25. The second-order valence-electron chi connectivity index (χ2n) is 3.87. The zero-order valence-electron chi connectivity index (χ0n) is 9.02. The average Bonchev–Trinajstić information content (AvgIpc) is 2.14. The predicted molar refractivity (Wildman–Crippen MR) is 56.3 cm³/mol. The number of rotatable bonds is 3. The maximum atomic E-state index is 11.3. The fourth-order valence-electron chi connectivity index (χ4n) is 1.75. The van der Waals surface area contributed by atoms with Gasteiger partial charge in [-0.15, -0.1) is 0 Å². The van der Waals surface area contributed by atoms with Gasteiger partial charge >= 0.3 is 5.97 Å². The number of carbonyl (C=O) groups is 1. The maximum absolute atomic E-state index is 11.3. The highest BCUT2D eigenvalue weighted by Gasteiger charge is 2.27. The van der Waals surface area contributed by atoms with Gasteiger partial charge in [0.2, 0.25) is 0 Å². The summed E-state index contributed by atoms with van der Waals surface area (Å²) in [6, 6.07) is -0.578. The van der Waals surface area contributed by atoms with Crippen LogP contribution in [0.25, 0.3) is 0 Å². The molecule has 0 spiro atoms. The Balaban J connectivity index is 2.48. The SMILES string of the molecule is COC(=O)[C@H](C)NC1CCCS(=O)(=O)C1. The molecule has 0 saturated carbocycles. The van der Waals surface area contributed by atoms with Crippen LogP contribution in [0.5, 0.6) is 0 Å². The zero-order chi connectivity index (χ0) is 11.5. The molecule has 0 radical (unpaired) electrons. The third-order valence-corrected chi connectivity index (χ3v) is 4.32. The first-order chi connectivity index (χ1) is 6.94. The van der Waals surface area contributed by atoms with Crippen LogP contribution in [0.2, 0.25) is 0 Å². The molecule has 0 amide bonds. The van der Waals surface area contributed by atoms with E-state index < -0.39 is 15.9 Å². The molecular formula is C9H17NO4S. The Hall–Kier alpha value is -0.620. The van der Waals surface area contributed by atoms with Crippen LogP contribution in [0.1, 0.15) is 19.8 Å². The van der Waals surface area contributed by atoms with E-state index in [1.807, 2.05) is 0 Å². The second kappa shape index (κ2) is 4.94. The highest BCUT2D eigenvalue weighted by Crippen LogP contribution is 2.12. The highest BCUT2D eigenvalue weighted by molar-refractivity contribution is 7.91. The van der Waals surface area contributed by atoms with Gasteiger partial charge in [-0.1, -0.05) is 0 Å². The van der Waals surface area contributed by atoms with Crippen LogP contribution in [0.4, 0.5) is 0 Å². The minimum absolute atomic E-state index is 0.119. The summed E-state index contributed by atoms with van der Waals surface area (Å²) < 4.78 is 27.2. The Kier molecular flexibility index (Phi) is 4.10. The molecule has 1 unspecified atom stereocenters. The minimum atomic E-state index is -2.92. The summed E-state index contributed by atoms with van der Waals surface area (Å²) in [5.41, 5.74) is 0. The van der Waals surface area contributed by atoms with Gasteiger partial charge in [-0.05, 0) is 19.8 Å². The molecule has 0 bridgehead atoms. The normalized spacial score (nSPS) is 26.9. The van der Waals surface area contributed by atoms with Gasteiger partial charge in [-0.2, -0.15) is 0 Å². The highest BCUT2D eigenvalue weighted by atomic mass is 32.2. The zero-order valence-corrected chi connectivity index (χ0v) is 9.84. The third-order valence-electron chi connectivity index (χ3n) is 2.50. The van der Waals surface area contributed by atoms with E-state index in [-0.39, 0.29) is 23.5 Å². The van der Waals surface area contributed by atoms with Gasteiger partial charge < -0.3 is 10.1 Å². The van der Waals surface area contributed by atoms with Gasteiger partial charge in [-0.25, -0.2) is 8.42 Å². The molecule has 0 aromatic carbocycles. The molecule has 5 nitrogen and oxygen atoms in total. The van der Waals surface area contributed by atoms with Crippen molar-refractivity contribution in [2.45, 2.75) is 31.8 Å². The van der Waals surface area contributed by atoms with Gasteiger partial charge in [0.25, 0.3) is 0 Å². The molecule has 1 N–H and O–H groups in total. The van der Waals surface area contributed by atoms with Crippen molar-refractivity contribution in [3.05, 3.63) is 0 Å². The molecule has 1 rings (SSSR count). The van der Waals surface area contributed by atoms with E-state index >= 15 is 0 Å². The number of hydrogen-bond donors (Lipinski definition) is 1. The first-order valence-electron chi connectivity index (χ1n) is 4.99. The standard InChI is InChI=1S/C9H17NO4S/c1-7(9(11)14-2)10-8-4-3-5-15(12,13)6-8/h7-8,10H,3-6H2,1-2H3/t7-,8?/m0/s1. The first-order valence-corrected chi connectivity index (χ1v) is 6.81. The smallest absolute Gasteiger partial charge is 0.322 e. The molecule has 1 heterocycles. The van der Waals surface area contributed by atoms with Crippen LogP contribution >= 0.6 is 0 Å². The van der Waals surface area contributed by atoms with E-state index in [1.165, 1.54) is 7.11 Å². The lowest BCUT2D eigenvalue weighted by molar-refractivity contribution is -0.142. The van der Waals surface area contributed by atoms with Crippen molar-refractivity contribution in [2.24, 2.45) is 0 Å². The van der Waals surface area contributed by atoms with Crippen LogP contribution in [0, 0.1) is 0 Å². The third kappa shape index (κ3) is 3.79. The summed E-state index contributed by atoms with van der Waals surface area (Å²) >= 11 is 0. The summed E-state index contributed by atoms with van der Waals surface area (Å²) in [6.45, 7) is 1.67. The van der Waals surface area contributed by atoms with Gasteiger partial charge in [0.1, 0.15) is 6.04 Å². The van der Waals surface area contributed by atoms with Crippen molar-refractivity contribution in [3.63, 3.8) is 0 Å². The van der Waals surface area contributed by atoms with Crippen LogP contribution in [-0.4, -0.2) is 45.1 Å². The maximum Gasteiger partial charge on any atom is 0.322 e. The monoisotopic (exact) mass is 235 g/mol. The number of nitrogens with one attached hydrogen (secondary N) is 1. The fourth-order valence-corrected chi connectivity index (χ4v) is 3.40. The lowest BCUT2D eigenvalue weighted by Crippen LogP contribution is -2.47. The molecule has 1 aliphatic rings. The molecular weight excluding hydrogens is 218 g/mol. The fraction of sp³-hybridized carbons (Fsp3) is 0.889. The van der Waals surface area contributed by atoms with E-state index in [2.05, 4.69) is 10.1 Å². The number of ether oxygens (including phenoxy) is 1. The molecule has 1 aliphatic heterocycles. The molecule has 1 fully saturated rings. The summed E-state index contributed by atoms with van der Waals surface area (Å²) in [5, 5.41) is 2.97. The van der Waals surface area contributed by atoms with Gasteiger partial charge in [-0.3, -0.25) is 4.79 Å². The Morgan fingerprint density at radius 1 is 1.53 bits per heavy atom. The lowest BCUT2D eigenvalue weighted by atomic mass is 10.1. The number of hydrogen-bond acceptors (Lipinski definition) is 5. The van der Waals surface area contributed by atoms with Crippen LogP contribution < -0.4 is 5.32 Å². The summed E-state index contributed by atoms with van der Waals surface area (Å²) in [5.74, 6) is 0.0181. The molecule has 15 heavy (non-hydrogen) atoms. The van der Waals surface area contributed by atoms with Crippen molar-refractivity contribution in [2.75, 3.05) is 18.6 Å². The molecule has 0 aliphatic carbocycles. The van der Waals surface area contributed by atoms with Gasteiger partial charge in [0.05, 0.1) is 18.6 Å². The summed E-state index contributed by atoms with van der Waals surface area (Å²) in [7, 11) is -1.61. The molecule has 6 heteroatoms. The average molecular weight is 235 g/mol. The van der Waals surface area contributed by atoms with Crippen molar-refractivity contribution < 1.29 is 17.9 Å². The van der Waals surface area contributed by atoms with Gasteiger partial charge in [0.15, 0.2) is 9.84 Å². The molecule has 0 aromatic heterocycles. The van der Waals surface area contributed by atoms with Crippen LogP contribution in [0.15, 0.2) is 0 Å². The van der Waals surface area contributed by atoms with Crippen molar-refractivity contribution >= 4 is 15.8 Å². The quantitative estimate of drug-likeness (QED) is 0.681. The topological polar surface area (TPSA) is 72.5 Å².